The zero-order chi connectivity index (χ0) is 18.4. The summed E-state index contributed by atoms with van der Waals surface area (Å²) in [7, 11) is 1.50. The molecule has 7 heteroatoms. The first kappa shape index (κ1) is 18.4. The molecule has 0 heterocycles. The smallest absolute Gasteiger partial charge is 0.251 e. The molecule has 0 atom stereocenters. The molecule has 2 aromatic carbocycles. The Hall–Kier alpha value is -2.96. The number of carbonyl (C=O) groups excluding carboxylic acids is 2. The van der Waals surface area contributed by atoms with Gasteiger partial charge >= 0.3 is 0 Å². The largest absolute Gasteiger partial charge is 0.497 e. The van der Waals surface area contributed by atoms with Gasteiger partial charge in [-0.05, 0) is 30.3 Å². The summed E-state index contributed by atoms with van der Waals surface area (Å²) in [6.07, 6.45) is 0. The number of halogens is 2. The molecule has 0 bridgehead atoms. The number of rotatable bonds is 6. The van der Waals surface area contributed by atoms with Crippen LogP contribution in [0, 0.1) is 11.6 Å². The zero-order valence-electron chi connectivity index (χ0n) is 13.9. The van der Waals surface area contributed by atoms with Crippen molar-refractivity contribution < 1.29 is 23.1 Å². The highest BCUT2D eigenvalue weighted by Crippen LogP contribution is 2.20. The van der Waals surface area contributed by atoms with Crippen molar-refractivity contribution >= 4 is 17.5 Å². The summed E-state index contributed by atoms with van der Waals surface area (Å²) in [4.78, 5) is 25.0. The summed E-state index contributed by atoms with van der Waals surface area (Å²) >= 11 is 0. The second kappa shape index (κ2) is 8.23. The van der Waals surface area contributed by atoms with Gasteiger partial charge in [0, 0.05) is 31.6 Å². The summed E-state index contributed by atoms with van der Waals surface area (Å²) in [5.74, 6) is -1.78. The van der Waals surface area contributed by atoms with Gasteiger partial charge in [0.1, 0.15) is 17.4 Å². The van der Waals surface area contributed by atoms with Crippen LogP contribution < -0.4 is 15.0 Å². The van der Waals surface area contributed by atoms with E-state index in [0.717, 1.165) is 11.0 Å². The SMILES string of the molecule is COc1cccc(C(=O)NCCN(C(C)=O)c2ccc(F)cc2F)c1. The van der Waals surface area contributed by atoms with E-state index in [-0.39, 0.29) is 24.7 Å². The predicted molar refractivity (Wildman–Crippen MR) is 89.7 cm³/mol. The van der Waals surface area contributed by atoms with E-state index in [9.17, 15) is 18.4 Å². The molecule has 0 saturated heterocycles. The number of benzene rings is 2. The van der Waals surface area contributed by atoms with Crippen molar-refractivity contribution in [3.05, 3.63) is 59.7 Å². The highest BCUT2D eigenvalue weighted by molar-refractivity contribution is 5.95. The standard InChI is InChI=1S/C18H18F2N2O3/c1-12(23)22(17-7-6-14(19)11-16(17)20)9-8-21-18(24)13-4-3-5-15(10-13)25-2/h3-7,10-11H,8-9H2,1-2H3,(H,21,24). The molecule has 1 N–H and O–H groups in total. The number of hydrogen-bond acceptors (Lipinski definition) is 3. The van der Waals surface area contributed by atoms with Crippen molar-refractivity contribution in [3.8, 4) is 5.75 Å². The molecule has 2 rings (SSSR count). The Balaban J connectivity index is 2.02. The highest BCUT2D eigenvalue weighted by atomic mass is 19.1. The molecule has 0 saturated carbocycles. The normalized spacial score (nSPS) is 10.2. The van der Waals surface area contributed by atoms with Crippen molar-refractivity contribution in [2.24, 2.45) is 0 Å². The zero-order valence-corrected chi connectivity index (χ0v) is 13.9. The number of ether oxygens (including phenoxy) is 1. The van der Waals surface area contributed by atoms with Crippen molar-refractivity contribution in [2.45, 2.75) is 6.92 Å². The number of carbonyl (C=O) groups is 2. The summed E-state index contributed by atoms with van der Waals surface area (Å²) in [6, 6.07) is 9.58. The van der Waals surface area contributed by atoms with Gasteiger partial charge in [-0.3, -0.25) is 9.59 Å². The van der Waals surface area contributed by atoms with E-state index in [0.29, 0.717) is 17.4 Å². The molecule has 2 aromatic rings. The van der Waals surface area contributed by atoms with Crippen LogP contribution in [-0.4, -0.2) is 32.0 Å². The Bertz CT molecular complexity index is 781. The van der Waals surface area contributed by atoms with Crippen LogP contribution in [0.4, 0.5) is 14.5 Å². The fourth-order valence-corrected chi connectivity index (χ4v) is 2.30. The summed E-state index contributed by atoms with van der Waals surface area (Å²) in [5.41, 5.74) is 0.367. The van der Waals surface area contributed by atoms with Gasteiger partial charge < -0.3 is 15.0 Å². The Kier molecular flexibility index (Phi) is 6.05. The third-order valence-electron chi connectivity index (χ3n) is 3.53. The topological polar surface area (TPSA) is 58.6 Å². The Labute approximate surface area is 144 Å². The molecule has 0 aromatic heterocycles. The molecule has 0 aliphatic heterocycles. The van der Waals surface area contributed by atoms with Crippen LogP contribution in [0.15, 0.2) is 42.5 Å². The Morgan fingerprint density at radius 1 is 1.16 bits per heavy atom. The molecule has 0 radical (unpaired) electrons. The van der Waals surface area contributed by atoms with Crippen molar-refractivity contribution in [1.82, 2.24) is 5.32 Å². The third kappa shape index (κ3) is 4.76. The summed E-state index contributed by atoms with van der Waals surface area (Å²) in [5, 5.41) is 2.65. The minimum Gasteiger partial charge on any atom is -0.497 e. The van der Waals surface area contributed by atoms with E-state index in [1.54, 1.807) is 24.3 Å². The number of anilines is 1. The molecule has 25 heavy (non-hydrogen) atoms. The summed E-state index contributed by atoms with van der Waals surface area (Å²) in [6.45, 7) is 1.42. The lowest BCUT2D eigenvalue weighted by Gasteiger charge is -2.22. The van der Waals surface area contributed by atoms with Gasteiger partial charge in [-0.25, -0.2) is 8.78 Å². The second-order valence-corrected chi connectivity index (χ2v) is 5.25. The summed E-state index contributed by atoms with van der Waals surface area (Å²) < 4.78 is 31.9. The quantitative estimate of drug-likeness (QED) is 0.873. The molecule has 0 spiro atoms. The average Bonchev–Trinajstić information content (AvgIpc) is 2.59. The first-order valence-corrected chi connectivity index (χ1v) is 7.57. The molecule has 2 amide bonds. The van der Waals surface area contributed by atoms with Gasteiger partial charge in [-0.1, -0.05) is 6.07 Å². The lowest BCUT2D eigenvalue weighted by molar-refractivity contribution is -0.116. The lowest BCUT2D eigenvalue weighted by atomic mass is 10.2. The van der Waals surface area contributed by atoms with Crippen LogP contribution in [-0.2, 0) is 4.79 Å². The number of amides is 2. The molecule has 0 fully saturated rings. The predicted octanol–water partition coefficient (Wildman–Crippen LogP) is 2.76. The van der Waals surface area contributed by atoms with Gasteiger partial charge in [-0.15, -0.1) is 0 Å². The van der Waals surface area contributed by atoms with Crippen LogP contribution in [0.25, 0.3) is 0 Å². The number of nitrogens with zero attached hydrogens (tertiary/aromatic N) is 1. The monoisotopic (exact) mass is 348 g/mol. The van der Waals surface area contributed by atoms with Crippen molar-refractivity contribution in [3.63, 3.8) is 0 Å². The maximum Gasteiger partial charge on any atom is 0.251 e. The number of methoxy groups -OCH3 is 1. The fourth-order valence-electron chi connectivity index (χ4n) is 2.30. The fraction of sp³-hybridized carbons (Fsp3) is 0.222. The van der Waals surface area contributed by atoms with Gasteiger partial charge in [0.15, 0.2) is 0 Å². The molecule has 0 aliphatic rings. The van der Waals surface area contributed by atoms with Crippen molar-refractivity contribution in [1.29, 1.82) is 0 Å². The first-order chi connectivity index (χ1) is 11.9. The van der Waals surface area contributed by atoms with Gasteiger partial charge in [-0.2, -0.15) is 0 Å². The molecular formula is C18H18F2N2O3. The van der Waals surface area contributed by atoms with Crippen LogP contribution in [0.2, 0.25) is 0 Å². The molecule has 0 aliphatic carbocycles. The Morgan fingerprint density at radius 3 is 2.56 bits per heavy atom. The van der Waals surface area contributed by atoms with Gasteiger partial charge in [0.05, 0.1) is 12.8 Å². The van der Waals surface area contributed by atoms with Crippen LogP contribution in [0.5, 0.6) is 5.75 Å². The van der Waals surface area contributed by atoms with E-state index < -0.39 is 17.5 Å². The lowest BCUT2D eigenvalue weighted by Crippen LogP contribution is -2.38. The van der Waals surface area contributed by atoms with Crippen LogP contribution >= 0.6 is 0 Å². The van der Waals surface area contributed by atoms with Crippen molar-refractivity contribution in [2.75, 3.05) is 25.1 Å². The number of hydrogen-bond donors (Lipinski definition) is 1. The van der Waals surface area contributed by atoms with Crippen LogP contribution in [0.1, 0.15) is 17.3 Å². The van der Waals surface area contributed by atoms with E-state index in [1.807, 2.05) is 0 Å². The maximum absolute atomic E-state index is 13.9. The van der Waals surface area contributed by atoms with E-state index >= 15 is 0 Å². The highest BCUT2D eigenvalue weighted by Gasteiger charge is 2.16. The van der Waals surface area contributed by atoms with Gasteiger partial charge in [0.25, 0.3) is 5.91 Å². The average molecular weight is 348 g/mol. The van der Waals surface area contributed by atoms with Gasteiger partial charge in [0.2, 0.25) is 5.91 Å². The minimum atomic E-state index is -0.839. The van der Waals surface area contributed by atoms with Crippen LogP contribution in [0.3, 0.4) is 0 Å². The number of nitrogens with one attached hydrogen (secondary N) is 1. The third-order valence-corrected chi connectivity index (χ3v) is 3.53. The molecular weight excluding hydrogens is 330 g/mol. The van der Waals surface area contributed by atoms with E-state index in [2.05, 4.69) is 5.32 Å². The molecule has 132 valence electrons. The van der Waals surface area contributed by atoms with E-state index in [4.69, 9.17) is 4.74 Å². The second-order valence-electron chi connectivity index (χ2n) is 5.25. The molecule has 5 nitrogen and oxygen atoms in total. The maximum atomic E-state index is 13.9. The molecule has 0 unspecified atom stereocenters. The van der Waals surface area contributed by atoms with E-state index in [1.165, 1.54) is 20.1 Å². The minimum absolute atomic E-state index is 0.0375. The Morgan fingerprint density at radius 2 is 1.92 bits per heavy atom. The first-order valence-electron chi connectivity index (χ1n) is 7.57.